The quantitative estimate of drug-likeness (QED) is 0.903. The van der Waals surface area contributed by atoms with Crippen LogP contribution in [0, 0.1) is 5.92 Å². The maximum atomic E-state index is 10.8. The Kier molecular flexibility index (Phi) is 4.54. The number of hydrogen-bond acceptors (Lipinski definition) is 4. The molecule has 2 fully saturated rings. The molecule has 4 nitrogen and oxygen atoms in total. The first-order valence-corrected chi connectivity index (χ1v) is 8.16. The van der Waals surface area contributed by atoms with E-state index in [2.05, 4.69) is 15.9 Å². The third-order valence-corrected chi connectivity index (χ3v) is 5.05. The highest BCUT2D eigenvalue weighted by atomic mass is 79.9. The molecule has 2 aliphatic rings. The number of aliphatic hydroxyl groups is 1. The molecule has 0 saturated carbocycles. The van der Waals surface area contributed by atoms with Crippen molar-refractivity contribution in [3.8, 4) is 5.75 Å². The number of hydrogen-bond donors (Lipinski definition) is 1. The van der Waals surface area contributed by atoms with Gasteiger partial charge in [-0.2, -0.15) is 0 Å². The normalized spacial score (nSPS) is 30.5. The number of methoxy groups -OCH3 is 1. The highest BCUT2D eigenvalue weighted by Gasteiger charge is 2.43. The fourth-order valence-electron chi connectivity index (χ4n) is 3.39. The van der Waals surface area contributed by atoms with E-state index < -0.39 is 6.10 Å². The second kappa shape index (κ2) is 6.24. The summed E-state index contributed by atoms with van der Waals surface area (Å²) in [6.07, 6.45) is 2.08. The lowest BCUT2D eigenvalue weighted by Gasteiger charge is -2.39. The second-order valence-corrected chi connectivity index (χ2v) is 6.83. The number of ether oxygens (including phenoxy) is 3. The van der Waals surface area contributed by atoms with Gasteiger partial charge >= 0.3 is 0 Å². The SMILES string of the molecule is COc1ccc(Br)cc1C(O)C1CCOC2(CCOC2)C1. The van der Waals surface area contributed by atoms with E-state index in [0.29, 0.717) is 13.2 Å². The molecular weight excluding hydrogens is 336 g/mol. The zero-order valence-electron chi connectivity index (χ0n) is 12.2. The van der Waals surface area contributed by atoms with Crippen molar-refractivity contribution in [1.82, 2.24) is 0 Å². The molecule has 116 valence electrons. The molecule has 1 spiro atoms. The van der Waals surface area contributed by atoms with Gasteiger partial charge in [0.25, 0.3) is 0 Å². The smallest absolute Gasteiger partial charge is 0.124 e. The maximum Gasteiger partial charge on any atom is 0.124 e. The molecule has 3 atom stereocenters. The lowest BCUT2D eigenvalue weighted by molar-refractivity contribution is -0.117. The zero-order valence-corrected chi connectivity index (χ0v) is 13.8. The summed E-state index contributed by atoms with van der Waals surface area (Å²) in [5, 5.41) is 10.8. The van der Waals surface area contributed by atoms with E-state index in [1.54, 1.807) is 7.11 Å². The number of benzene rings is 1. The molecule has 0 bridgehead atoms. The molecule has 0 aromatic heterocycles. The van der Waals surface area contributed by atoms with Gasteiger partial charge in [0.15, 0.2) is 0 Å². The summed E-state index contributed by atoms with van der Waals surface area (Å²) in [4.78, 5) is 0. The van der Waals surface area contributed by atoms with Crippen LogP contribution >= 0.6 is 15.9 Å². The summed E-state index contributed by atoms with van der Waals surface area (Å²) < 4.78 is 17.8. The van der Waals surface area contributed by atoms with Crippen molar-refractivity contribution in [3.63, 3.8) is 0 Å². The van der Waals surface area contributed by atoms with Gasteiger partial charge in [0.1, 0.15) is 5.75 Å². The first-order chi connectivity index (χ1) is 10.1. The Morgan fingerprint density at radius 2 is 2.29 bits per heavy atom. The van der Waals surface area contributed by atoms with Crippen LogP contribution in [0.1, 0.15) is 30.9 Å². The van der Waals surface area contributed by atoms with Gasteiger partial charge in [0.2, 0.25) is 0 Å². The molecule has 0 radical (unpaired) electrons. The molecule has 3 unspecified atom stereocenters. The van der Waals surface area contributed by atoms with Gasteiger partial charge in [-0.15, -0.1) is 0 Å². The van der Waals surface area contributed by atoms with E-state index in [4.69, 9.17) is 14.2 Å². The Morgan fingerprint density at radius 1 is 1.43 bits per heavy atom. The topological polar surface area (TPSA) is 47.9 Å². The van der Waals surface area contributed by atoms with Gasteiger partial charge < -0.3 is 19.3 Å². The van der Waals surface area contributed by atoms with E-state index in [0.717, 1.165) is 41.7 Å². The predicted molar refractivity (Wildman–Crippen MR) is 82.5 cm³/mol. The first kappa shape index (κ1) is 15.3. The van der Waals surface area contributed by atoms with Crippen molar-refractivity contribution >= 4 is 15.9 Å². The van der Waals surface area contributed by atoms with E-state index >= 15 is 0 Å². The highest BCUT2D eigenvalue weighted by Crippen LogP contribution is 2.43. The summed E-state index contributed by atoms with van der Waals surface area (Å²) in [7, 11) is 1.63. The molecule has 2 heterocycles. The average Bonchev–Trinajstić information content (AvgIpc) is 2.94. The lowest BCUT2D eigenvalue weighted by atomic mass is 9.80. The van der Waals surface area contributed by atoms with Crippen LogP contribution in [0.2, 0.25) is 0 Å². The van der Waals surface area contributed by atoms with Gasteiger partial charge in [0, 0.05) is 29.7 Å². The Labute approximate surface area is 133 Å². The molecule has 21 heavy (non-hydrogen) atoms. The standard InChI is InChI=1S/C16H21BrO4/c1-19-14-3-2-12(17)8-13(14)15(18)11-4-6-21-16(9-11)5-7-20-10-16/h2-3,8,11,15,18H,4-7,9-10H2,1H3. The van der Waals surface area contributed by atoms with E-state index in [9.17, 15) is 5.11 Å². The molecule has 1 N–H and O–H groups in total. The largest absolute Gasteiger partial charge is 0.496 e. The third kappa shape index (κ3) is 3.11. The Morgan fingerprint density at radius 3 is 3.00 bits per heavy atom. The highest BCUT2D eigenvalue weighted by molar-refractivity contribution is 9.10. The van der Waals surface area contributed by atoms with Crippen LogP contribution in [-0.2, 0) is 9.47 Å². The molecule has 0 aliphatic carbocycles. The Balaban J connectivity index is 1.81. The molecule has 1 aromatic rings. The van der Waals surface area contributed by atoms with Crippen molar-refractivity contribution in [3.05, 3.63) is 28.2 Å². The van der Waals surface area contributed by atoms with Crippen molar-refractivity contribution < 1.29 is 19.3 Å². The second-order valence-electron chi connectivity index (χ2n) is 5.92. The minimum atomic E-state index is -0.543. The van der Waals surface area contributed by atoms with Crippen LogP contribution in [0.4, 0.5) is 0 Å². The maximum absolute atomic E-state index is 10.8. The first-order valence-electron chi connectivity index (χ1n) is 7.37. The molecule has 0 amide bonds. The molecule has 3 rings (SSSR count). The molecular formula is C16H21BrO4. The summed E-state index contributed by atoms with van der Waals surface area (Å²) in [5.74, 6) is 0.901. The number of aliphatic hydroxyl groups excluding tert-OH is 1. The molecule has 1 aromatic carbocycles. The van der Waals surface area contributed by atoms with Gasteiger partial charge in [-0.05, 0) is 37.0 Å². The third-order valence-electron chi connectivity index (χ3n) is 4.56. The fourth-order valence-corrected chi connectivity index (χ4v) is 3.77. The lowest BCUT2D eigenvalue weighted by Crippen LogP contribution is -2.41. The van der Waals surface area contributed by atoms with E-state index in [1.165, 1.54) is 0 Å². The van der Waals surface area contributed by atoms with Crippen LogP contribution in [0.3, 0.4) is 0 Å². The van der Waals surface area contributed by atoms with E-state index in [-0.39, 0.29) is 11.5 Å². The van der Waals surface area contributed by atoms with Crippen molar-refractivity contribution in [2.24, 2.45) is 5.92 Å². The van der Waals surface area contributed by atoms with Crippen LogP contribution < -0.4 is 4.74 Å². The molecule has 2 saturated heterocycles. The zero-order chi connectivity index (χ0) is 14.9. The summed E-state index contributed by atoms with van der Waals surface area (Å²) in [5.41, 5.74) is 0.649. The summed E-state index contributed by atoms with van der Waals surface area (Å²) in [6, 6.07) is 5.75. The van der Waals surface area contributed by atoms with Crippen molar-refractivity contribution in [2.75, 3.05) is 26.9 Å². The van der Waals surface area contributed by atoms with E-state index in [1.807, 2.05) is 18.2 Å². The predicted octanol–water partition coefficient (Wildman–Crippen LogP) is 3.08. The van der Waals surface area contributed by atoms with Crippen LogP contribution in [0.15, 0.2) is 22.7 Å². The molecule has 5 heteroatoms. The number of rotatable bonds is 3. The van der Waals surface area contributed by atoms with Gasteiger partial charge in [-0.3, -0.25) is 0 Å². The number of halogens is 1. The van der Waals surface area contributed by atoms with Crippen molar-refractivity contribution in [1.29, 1.82) is 0 Å². The van der Waals surface area contributed by atoms with Gasteiger partial charge in [-0.25, -0.2) is 0 Å². The average molecular weight is 357 g/mol. The Hall–Kier alpha value is -0.620. The van der Waals surface area contributed by atoms with Crippen molar-refractivity contribution in [2.45, 2.75) is 31.0 Å². The van der Waals surface area contributed by atoms with Crippen LogP contribution in [-0.4, -0.2) is 37.6 Å². The van der Waals surface area contributed by atoms with Crippen LogP contribution in [0.5, 0.6) is 5.75 Å². The van der Waals surface area contributed by atoms with Gasteiger partial charge in [-0.1, -0.05) is 15.9 Å². The molecule has 2 aliphatic heterocycles. The Bertz CT molecular complexity index is 499. The minimum Gasteiger partial charge on any atom is -0.496 e. The fraction of sp³-hybridized carbons (Fsp3) is 0.625. The van der Waals surface area contributed by atoms with Crippen LogP contribution in [0.25, 0.3) is 0 Å². The summed E-state index contributed by atoms with van der Waals surface area (Å²) in [6.45, 7) is 2.08. The minimum absolute atomic E-state index is 0.170. The monoisotopic (exact) mass is 356 g/mol. The summed E-state index contributed by atoms with van der Waals surface area (Å²) >= 11 is 3.47. The van der Waals surface area contributed by atoms with Gasteiger partial charge in [0.05, 0.1) is 25.4 Å².